The van der Waals surface area contributed by atoms with Crippen LogP contribution in [0.3, 0.4) is 0 Å². The number of aromatic nitrogens is 5. The van der Waals surface area contributed by atoms with Crippen LogP contribution in [0.5, 0.6) is 0 Å². The lowest BCUT2D eigenvalue weighted by molar-refractivity contribution is -0.121. The van der Waals surface area contributed by atoms with Crippen LogP contribution in [0.1, 0.15) is 37.4 Å². The Hall–Kier alpha value is -2.84. The number of amides is 1. The van der Waals surface area contributed by atoms with E-state index in [1.807, 2.05) is 6.92 Å². The predicted octanol–water partition coefficient (Wildman–Crippen LogP) is 2.99. The molecule has 3 rings (SSSR count). The van der Waals surface area contributed by atoms with Crippen molar-refractivity contribution in [2.24, 2.45) is 7.05 Å². The molecule has 1 N–H and O–H groups in total. The molecule has 0 unspecified atom stereocenters. The molecule has 0 saturated carbocycles. The average molecular weight is 376 g/mol. The van der Waals surface area contributed by atoms with Crippen LogP contribution in [0.4, 0.5) is 8.78 Å². The van der Waals surface area contributed by atoms with Gasteiger partial charge in [0.2, 0.25) is 5.91 Å². The Labute approximate surface area is 155 Å². The standard InChI is InChI=1S/C18H22F2N6O/c1-4-5-6-21-15(27)10-26-18-16(11(2)24-26)13(17(19)20)7-14(23-18)12-8-22-25(3)9-12/h7-9,17H,4-6,10H2,1-3H3,(H,21,27). The Morgan fingerprint density at radius 1 is 1.37 bits per heavy atom. The summed E-state index contributed by atoms with van der Waals surface area (Å²) in [5.41, 5.74) is 1.55. The van der Waals surface area contributed by atoms with Crippen molar-refractivity contribution in [2.75, 3.05) is 6.54 Å². The van der Waals surface area contributed by atoms with Gasteiger partial charge in [-0.1, -0.05) is 13.3 Å². The molecule has 3 aromatic heterocycles. The third-order valence-electron chi connectivity index (χ3n) is 4.29. The van der Waals surface area contributed by atoms with Gasteiger partial charge >= 0.3 is 0 Å². The van der Waals surface area contributed by atoms with Crippen LogP contribution in [-0.2, 0) is 18.4 Å². The number of unbranched alkanes of at least 4 members (excludes halogenated alkanes) is 1. The van der Waals surface area contributed by atoms with Gasteiger partial charge in [-0.3, -0.25) is 9.48 Å². The number of pyridine rings is 1. The Kier molecular flexibility index (Phi) is 5.48. The van der Waals surface area contributed by atoms with Gasteiger partial charge in [-0.05, 0) is 19.4 Å². The number of hydrogen-bond donors (Lipinski definition) is 1. The summed E-state index contributed by atoms with van der Waals surface area (Å²) in [6.07, 6.45) is 2.44. The Bertz CT molecular complexity index is 962. The zero-order valence-electron chi connectivity index (χ0n) is 15.5. The lowest BCUT2D eigenvalue weighted by Crippen LogP contribution is -2.28. The Balaban J connectivity index is 2.04. The quantitative estimate of drug-likeness (QED) is 0.643. The molecule has 7 nitrogen and oxygen atoms in total. The fraction of sp³-hybridized carbons (Fsp3) is 0.444. The second-order valence-corrected chi connectivity index (χ2v) is 6.45. The van der Waals surface area contributed by atoms with Gasteiger partial charge in [-0.25, -0.2) is 18.4 Å². The van der Waals surface area contributed by atoms with Crippen molar-refractivity contribution in [2.45, 2.75) is 39.7 Å². The number of nitrogens with zero attached hydrogens (tertiary/aromatic N) is 5. The second kappa shape index (κ2) is 7.81. The zero-order chi connectivity index (χ0) is 19.6. The van der Waals surface area contributed by atoms with E-state index in [-0.39, 0.29) is 23.7 Å². The van der Waals surface area contributed by atoms with Crippen LogP contribution in [0.25, 0.3) is 22.3 Å². The first-order valence-corrected chi connectivity index (χ1v) is 8.82. The summed E-state index contributed by atoms with van der Waals surface area (Å²) in [4.78, 5) is 16.7. The highest BCUT2D eigenvalue weighted by Gasteiger charge is 2.22. The summed E-state index contributed by atoms with van der Waals surface area (Å²) in [5.74, 6) is -0.222. The highest BCUT2D eigenvalue weighted by Crippen LogP contribution is 2.32. The molecule has 0 bridgehead atoms. The Morgan fingerprint density at radius 3 is 2.78 bits per heavy atom. The topological polar surface area (TPSA) is 77.6 Å². The second-order valence-electron chi connectivity index (χ2n) is 6.45. The minimum absolute atomic E-state index is 0.0692. The largest absolute Gasteiger partial charge is 0.354 e. The van der Waals surface area contributed by atoms with Crippen LogP contribution >= 0.6 is 0 Å². The maximum absolute atomic E-state index is 13.7. The van der Waals surface area contributed by atoms with Gasteiger partial charge in [0.1, 0.15) is 6.54 Å². The molecule has 0 spiro atoms. The number of carbonyl (C=O) groups excluding carboxylic acids is 1. The number of alkyl halides is 2. The normalized spacial score (nSPS) is 11.5. The number of aryl methyl sites for hydroxylation is 2. The van der Waals surface area contributed by atoms with Gasteiger partial charge in [-0.2, -0.15) is 10.2 Å². The fourth-order valence-corrected chi connectivity index (χ4v) is 2.97. The van der Waals surface area contributed by atoms with Crippen molar-refractivity contribution in [3.05, 3.63) is 29.7 Å². The maximum Gasteiger partial charge on any atom is 0.264 e. The molecule has 0 aliphatic rings. The van der Waals surface area contributed by atoms with Gasteiger partial charge in [0.15, 0.2) is 5.65 Å². The molecule has 144 valence electrons. The molecule has 0 fully saturated rings. The number of carbonyl (C=O) groups is 1. The fourth-order valence-electron chi connectivity index (χ4n) is 2.97. The molecule has 0 atom stereocenters. The highest BCUT2D eigenvalue weighted by molar-refractivity contribution is 5.86. The molecule has 0 saturated heterocycles. The molecule has 0 aliphatic carbocycles. The summed E-state index contributed by atoms with van der Waals surface area (Å²) < 4.78 is 30.3. The lowest BCUT2D eigenvalue weighted by atomic mass is 10.1. The van der Waals surface area contributed by atoms with E-state index in [2.05, 4.69) is 20.5 Å². The number of nitrogens with one attached hydrogen (secondary N) is 1. The first-order chi connectivity index (χ1) is 12.9. The molecular weight excluding hydrogens is 354 g/mol. The van der Waals surface area contributed by atoms with Gasteiger partial charge in [0, 0.05) is 30.9 Å². The number of fused-ring (bicyclic) bond motifs is 1. The van der Waals surface area contributed by atoms with Crippen molar-refractivity contribution in [3.63, 3.8) is 0 Å². The predicted molar refractivity (Wildman–Crippen MR) is 97.3 cm³/mol. The monoisotopic (exact) mass is 376 g/mol. The molecule has 27 heavy (non-hydrogen) atoms. The average Bonchev–Trinajstić information content (AvgIpc) is 3.18. The van der Waals surface area contributed by atoms with E-state index in [1.165, 1.54) is 10.7 Å². The maximum atomic E-state index is 13.7. The van der Waals surface area contributed by atoms with E-state index in [0.717, 1.165) is 12.8 Å². The summed E-state index contributed by atoms with van der Waals surface area (Å²) in [6.45, 7) is 4.18. The summed E-state index contributed by atoms with van der Waals surface area (Å²) in [6, 6.07) is 1.37. The summed E-state index contributed by atoms with van der Waals surface area (Å²) >= 11 is 0. The van der Waals surface area contributed by atoms with E-state index < -0.39 is 6.43 Å². The number of rotatable bonds is 7. The van der Waals surface area contributed by atoms with Crippen LogP contribution in [0.2, 0.25) is 0 Å². The lowest BCUT2D eigenvalue weighted by Gasteiger charge is -2.08. The van der Waals surface area contributed by atoms with Crippen LogP contribution in [0, 0.1) is 6.92 Å². The SMILES string of the molecule is CCCCNC(=O)Cn1nc(C)c2c(C(F)F)cc(-c3cnn(C)c3)nc21. The molecule has 9 heteroatoms. The van der Waals surface area contributed by atoms with Crippen molar-refractivity contribution in [3.8, 4) is 11.3 Å². The van der Waals surface area contributed by atoms with E-state index in [9.17, 15) is 13.6 Å². The third-order valence-corrected chi connectivity index (χ3v) is 4.29. The third kappa shape index (κ3) is 3.96. The van der Waals surface area contributed by atoms with Crippen LogP contribution in [-0.4, -0.2) is 37.0 Å². The van der Waals surface area contributed by atoms with Crippen LogP contribution in [0.15, 0.2) is 18.5 Å². The van der Waals surface area contributed by atoms with E-state index in [4.69, 9.17) is 0 Å². The van der Waals surface area contributed by atoms with Crippen molar-refractivity contribution in [1.29, 1.82) is 0 Å². The summed E-state index contributed by atoms with van der Waals surface area (Å²) in [5, 5.41) is 11.4. The van der Waals surface area contributed by atoms with Crippen molar-refractivity contribution >= 4 is 16.9 Å². The number of hydrogen-bond acceptors (Lipinski definition) is 4. The molecule has 3 heterocycles. The highest BCUT2D eigenvalue weighted by atomic mass is 19.3. The van der Waals surface area contributed by atoms with Gasteiger partial charge < -0.3 is 5.32 Å². The minimum Gasteiger partial charge on any atom is -0.354 e. The molecule has 1 amide bonds. The number of halogens is 2. The molecular formula is C18H22F2N6O. The zero-order valence-corrected chi connectivity index (χ0v) is 15.5. The minimum atomic E-state index is -2.68. The van der Waals surface area contributed by atoms with Gasteiger partial charge in [-0.15, -0.1) is 0 Å². The Morgan fingerprint density at radius 2 is 2.15 bits per heavy atom. The summed E-state index contributed by atoms with van der Waals surface area (Å²) in [7, 11) is 1.74. The van der Waals surface area contributed by atoms with E-state index in [0.29, 0.717) is 28.9 Å². The van der Waals surface area contributed by atoms with Gasteiger partial charge in [0.05, 0.1) is 23.0 Å². The van der Waals surface area contributed by atoms with E-state index in [1.54, 1.807) is 31.0 Å². The molecule has 0 radical (unpaired) electrons. The molecule has 0 aromatic carbocycles. The molecule has 0 aliphatic heterocycles. The van der Waals surface area contributed by atoms with Crippen LogP contribution < -0.4 is 5.32 Å². The van der Waals surface area contributed by atoms with Gasteiger partial charge in [0.25, 0.3) is 6.43 Å². The van der Waals surface area contributed by atoms with E-state index >= 15 is 0 Å². The first-order valence-electron chi connectivity index (χ1n) is 8.82. The molecule has 3 aromatic rings. The van der Waals surface area contributed by atoms with Crippen molar-refractivity contribution in [1.82, 2.24) is 29.9 Å². The van der Waals surface area contributed by atoms with Crippen molar-refractivity contribution < 1.29 is 13.6 Å². The first kappa shape index (κ1) is 18.9. The smallest absolute Gasteiger partial charge is 0.264 e.